The van der Waals surface area contributed by atoms with Gasteiger partial charge in [-0.15, -0.1) is 0 Å². The molecule has 1 N–H and O–H groups in total. The van der Waals surface area contributed by atoms with E-state index in [0.29, 0.717) is 44.4 Å². The van der Waals surface area contributed by atoms with E-state index >= 15 is 0 Å². The quantitative estimate of drug-likeness (QED) is 0.220. The van der Waals surface area contributed by atoms with Crippen molar-refractivity contribution in [2.45, 2.75) is 18.5 Å². The van der Waals surface area contributed by atoms with Crippen molar-refractivity contribution in [3.8, 4) is 5.69 Å². The smallest absolute Gasteiger partial charge is 0.266 e. The lowest BCUT2D eigenvalue weighted by molar-refractivity contribution is -0.115. The number of halogens is 1. The van der Waals surface area contributed by atoms with E-state index in [1.54, 1.807) is 73.7 Å². The van der Waals surface area contributed by atoms with Gasteiger partial charge in [-0.1, -0.05) is 54.6 Å². The largest absolute Gasteiger partial charge is 0.326 e. The fourth-order valence-electron chi connectivity index (χ4n) is 3.26. The summed E-state index contributed by atoms with van der Waals surface area (Å²) in [6, 6.07) is 20.8. The van der Waals surface area contributed by atoms with Gasteiger partial charge in [-0.2, -0.15) is 0 Å². The maximum Gasteiger partial charge on any atom is 0.266 e. The van der Waals surface area contributed by atoms with Crippen LogP contribution >= 0.6 is 23.4 Å². The number of hydrogen-bond acceptors (Lipinski definition) is 5. The molecule has 0 bridgehead atoms. The summed E-state index contributed by atoms with van der Waals surface area (Å²) in [6.45, 7) is 1.77. The lowest BCUT2D eigenvalue weighted by atomic mass is 10.1. The summed E-state index contributed by atoms with van der Waals surface area (Å²) < 4.78 is 1.45. The van der Waals surface area contributed by atoms with E-state index in [1.807, 2.05) is 6.07 Å². The minimum absolute atomic E-state index is 0.0793. The molecule has 0 unspecified atom stereocenters. The second kappa shape index (κ2) is 10.0. The minimum atomic E-state index is -0.250. The third-order valence-electron chi connectivity index (χ3n) is 4.98. The van der Waals surface area contributed by atoms with Gasteiger partial charge in [-0.25, -0.2) is 4.98 Å². The summed E-state index contributed by atoms with van der Waals surface area (Å²) in [6.07, 6.45) is 0.378. The summed E-state index contributed by atoms with van der Waals surface area (Å²) in [5, 5.41) is 4.02. The molecule has 0 atom stereocenters. The molecule has 8 heteroatoms. The first-order valence-electron chi connectivity index (χ1n) is 10.3. The van der Waals surface area contributed by atoms with Gasteiger partial charge in [0.2, 0.25) is 5.91 Å². The van der Waals surface area contributed by atoms with Crippen LogP contribution in [0, 0.1) is 0 Å². The number of carbonyl (C=O) groups excluding carboxylic acids is 2. The van der Waals surface area contributed by atoms with Gasteiger partial charge in [-0.05, 0) is 48.5 Å². The Bertz CT molecular complexity index is 1400. The Balaban J connectivity index is 1.64. The number of benzene rings is 3. The lowest BCUT2D eigenvalue weighted by Crippen LogP contribution is -2.22. The number of para-hydroxylation sites is 2. The van der Waals surface area contributed by atoms with Crippen molar-refractivity contribution in [3.05, 3.63) is 93.7 Å². The van der Waals surface area contributed by atoms with Crippen LogP contribution in [0.15, 0.2) is 82.7 Å². The average Bonchev–Trinajstić information content (AvgIpc) is 2.84. The van der Waals surface area contributed by atoms with Crippen LogP contribution in [0.4, 0.5) is 5.69 Å². The van der Waals surface area contributed by atoms with Gasteiger partial charge in [0.05, 0.1) is 27.4 Å². The third-order valence-corrected chi connectivity index (χ3v) is 6.24. The fourth-order valence-corrected chi connectivity index (χ4v) is 4.38. The van der Waals surface area contributed by atoms with Crippen molar-refractivity contribution < 1.29 is 9.59 Å². The van der Waals surface area contributed by atoms with Crippen LogP contribution in [-0.4, -0.2) is 27.0 Å². The molecule has 4 rings (SSSR count). The monoisotopic (exact) mass is 477 g/mol. The summed E-state index contributed by atoms with van der Waals surface area (Å²) >= 11 is 7.56. The molecular formula is C25H20ClN3O3S. The number of rotatable bonds is 7. The molecule has 0 aliphatic rings. The molecule has 4 aromatic rings. The third kappa shape index (κ3) is 4.99. The molecule has 3 aromatic carbocycles. The van der Waals surface area contributed by atoms with Crippen molar-refractivity contribution in [2.24, 2.45) is 0 Å². The molecule has 0 saturated carbocycles. The summed E-state index contributed by atoms with van der Waals surface area (Å²) in [7, 11) is 0. The topological polar surface area (TPSA) is 81.1 Å². The van der Waals surface area contributed by atoms with Crippen molar-refractivity contribution in [1.29, 1.82) is 0 Å². The first-order chi connectivity index (χ1) is 16.0. The first-order valence-corrected chi connectivity index (χ1v) is 11.7. The van der Waals surface area contributed by atoms with Crippen LogP contribution in [0.3, 0.4) is 0 Å². The molecule has 0 saturated heterocycles. The molecule has 6 nitrogen and oxygen atoms in total. The van der Waals surface area contributed by atoms with Crippen LogP contribution in [0.25, 0.3) is 16.6 Å². The molecule has 0 radical (unpaired) electrons. The normalized spacial score (nSPS) is 10.8. The zero-order chi connectivity index (χ0) is 23.4. The highest BCUT2D eigenvalue weighted by molar-refractivity contribution is 7.99. The molecule has 0 fully saturated rings. The summed E-state index contributed by atoms with van der Waals surface area (Å²) in [5.41, 5.74) is 1.95. The van der Waals surface area contributed by atoms with E-state index < -0.39 is 0 Å². The van der Waals surface area contributed by atoms with E-state index in [9.17, 15) is 14.4 Å². The summed E-state index contributed by atoms with van der Waals surface area (Å²) in [4.78, 5) is 42.3. The number of anilines is 1. The minimum Gasteiger partial charge on any atom is -0.326 e. The number of hydrogen-bond donors (Lipinski definition) is 1. The second-order valence-electron chi connectivity index (χ2n) is 7.19. The zero-order valence-electron chi connectivity index (χ0n) is 17.7. The number of aromatic nitrogens is 2. The summed E-state index contributed by atoms with van der Waals surface area (Å²) in [5.74, 6) is -0.137. The van der Waals surface area contributed by atoms with E-state index in [1.165, 1.54) is 16.3 Å². The van der Waals surface area contributed by atoms with Gasteiger partial charge < -0.3 is 5.32 Å². The van der Waals surface area contributed by atoms with Gasteiger partial charge in [0.15, 0.2) is 10.9 Å². The Morgan fingerprint density at radius 1 is 1.00 bits per heavy atom. The van der Waals surface area contributed by atoms with E-state index in [2.05, 4.69) is 10.3 Å². The van der Waals surface area contributed by atoms with Gasteiger partial charge >= 0.3 is 0 Å². The van der Waals surface area contributed by atoms with Crippen LogP contribution < -0.4 is 10.9 Å². The first kappa shape index (κ1) is 22.8. The molecule has 1 aromatic heterocycles. The Morgan fingerprint density at radius 3 is 2.42 bits per heavy atom. The van der Waals surface area contributed by atoms with Crippen LogP contribution in [-0.2, 0) is 4.79 Å². The standard InChI is InChI=1S/C25H20ClN3O3S/c1-2-23(31)27-17-13-11-16(12-14-17)22(30)15-33-25-28-20-9-5-3-7-18(20)24(32)29(25)21-10-6-4-8-19(21)26/h3-14H,2,15H2,1H3,(H,27,31). The molecule has 166 valence electrons. The molecule has 33 heavy (non-hydrogen) atoms. The van der Waals surface area contributed by atoms with Gasteiger partial charge in [0.1, 0.15) is 0 Å². The zero-order valence-corrected chi connectivity index (χ0v) is 19.3. The predicted octanol–water partition coefficient (Wildman–Crippen LogP) is 5.36. The van der Waals surface area contributed by atoms with Gasteiger partial charge in [0, 0.05) is 17.7 Å². The number of Topliss-reactive ketones (excluding diaryl/α,β-unsaturated/α-hetero) is 1. The number of thioether (sulfide) groups is 1. The maximum atomic E-state index is 13.3. The van der Waals surface area contributed by atoms with Crippen LogP contribution in [0.5, 0.6) is 0 Å². The Kier molecular flexibility index (Phi) is 6.91. The SMILES string of the molecule is CCC(=O)Nc1ccc(C(=O)CSc2nc3ccccc3c(=O)n2-c2ccccc2Cl)cc1. The Labute approximate surface area is 199 Å². The van der Waals surface area contributed by atoms with Crippen molar-refractivity contribution >= 4 is 51.6 Å². The number of carbonyl (C=O) groups is 2. The fraction of sp³-hybridized carbons (Fsp3) is 0.120. The van der Waals surface area contributed by atoms with Crippen molar-refractivity contribution in [1.82, 2.24) is 9.55 Å². The van der Waals surface area contributed by atoms with Crippen LogP contribution in [0.2, 0.25) is 5.02 Å². The van der Waals surface area contributed by atoms with Gasteiger partial charge in [0.25, 0.3) is 5.56 Å². The second-order valence-corrected chi connectivity index (χ2v) is 8.54. The molecule has 0 spiro atoms. The predicted molar refractivity (Wildman–Crippen MR) is 133 cm³/mol. The number of amides is 1. The molecule has 1 amide bonds. The highest BCUT2D eigenvalue weighted by Crippen LogP contribution is 2.26. The van der Waals surface area contributed by atoms with E-state index in [4.69, 9.17) is 11.6 Å². The van der Waals surface area contributed by atoms with Crippen molar-refractivity contribution in [3.63, 3.8) is 0 Å². The molecule has 0 aliphatic heterocycles. The van der Waals surface area contributed by atoms with Gasteiger partial charge in [-0.3, -0.25) is 19.0 Å². The molecule has 0 aliphatic carbocycles. The van der Waals surface area contributed by atoms with E-state index in [-0.39, 0.29) is 23.0 Å². The number of ketones is 1. The molecular weight excluding hydrogens is 458 g/mol. The highest BCUT2D eigenvalue weighted by atomic mass is 35.5. The number of nitrogens with one attached hydrogen (secondary N) is 1. The highest BCUT2D eigenvalue weighted by Gasteiger charge is 2.17. The van der Waals surface area contributed by atoms with Crippen LogP contribution in [0.1, 0.15) is 23.7 Å². The number of fused-ring (bicyclic) bond motifs is 1. The average molecular weight is 478 g/mol. The lowest BCUT2D eigenvalue weighted by Gasteiger charge is -2.14. The number of nitrogens with zero attached hydrogens (tertiary/aromatic N) is 2. The Hall–Kier alpha value is -3.42. The maximum absolute atomic E-state index is 13.3. The van der Waals surface area contributed by atoms with E-state index in [0.717, 1.165) is 0 Å². The molecule has 1 heterocycles. The van der Waals surface area contributed by atoms with Crippen molar-refractivity contribution in [2.75, 3.05) is 11.1 Å². The Morgan fingerprint density at radius 2 is 1.70 bits per heavy atom.